The first-order chi connectivity index (χ1) is 9.65. The van der Waals surface area contributed by atoms with Crippen LogP contribution in [0.1, 0.15) is 35.4 Å². The van der Waals surface area contributed by atoms with E-state index in [1.165, 1.54) is 6.08 Å². The van der Waals surface area contributed by atoms with Crippen molar-refractivity contribution in [1.82, 2.24) is 9.55 Å². The van der Waals surface area contributed by atoms with Crippen molar-refractivity contribution in [3.8, 4) is 0 Å². The van der Waals surface area contributed by atoms with Gasteiger partial charge >= 0.3 is 5.97 Å². The molecule has 2 rings (SSSR count). The summed E-state index contributed by atoms with van der Waals surface area (Å²) in [5.74, 6) is -0.0714. The van der Waals surface area contributed by atoms with Crippen LogP contribution in [0.5, 0.6) is 0 Å². The third kappa shape index (κ3) is 3.14. The Hall–Kier alpha value is -1.95. The second kappa shape index (κ2) is 6.47. The maximum absolute atomic E-state index is 11.3. The molecular weight excluding hydrogens is 260 g/mol. The Balaban J connectivity index is 2.16. The first-order valence-electron chi connectivity index (χ1n) is 6.64. The Kier molecular flexibility index (Phi) is 4.68. The molecule has 0 aliphatic carbocycles. The Labute approximate surface area is 117 Å². The molecule has 1 aromatic rings. The fourth-order valence-corrected chi connectivity index (χ4v) is 2.02. The normalized spacial score (nSPS) is 18.0. The van der Waals surface area contributed by atoms with E-state index in [9.17, 15) is 9.59 Å². The number of carbonyl (C=O) groups excluding carboxylic acids is 2. The molecule has 1 fully saturated rings. The lowest BCUT2D eigenvalue weighted by Crippen LogP contribution is -2.32. The van der Waals surface area contributed by atoms with Gasteiger partial charge in [-0.05, 0) is 26.3 Å². The van der Waals surface area contributed by atoms with Crippen LogP contribution in [-0.2, 0) is 20.8 Å². The quantitative estimate of drug-likeness (QED) is 0.446. The molecule has 0 saturated carbocycles. The minimum Gasteiger partial charge on any atom is -0.463 e. The van der Waals surface area contributed by atoms with Crippen LogP contribution in [0, 0.1) is 6.92 Å². The lowest BCUT2D eigenvalue weighted by molar-refractivity contribution is -0.137. The predicted molar refractivity (Wildman–Crippen MR) is 72.4 cm³/mol. The summed E-state index contributed by atoms with van der Waals surface area (Å²) in [4.78, 5) is 26.6. The number of aldehydes is 1. The molecule has 108 valence electrons. The highest BCUT2D eigenvalue weighted by atomic mass is 16.5. The number of ether oxygens (including phenoxy) is 2. The zero-order chi connectivity index (χ0) is 14.5. The van der Waals surface area contributed by atoms with Crippen molar-refractivity contribution >= 4 is 18.3 Å². The first-order valence-corrected chi connectivity index (χ1v) is 6.64. The summed E-state index contributed by atoms with van der Waals surface area (Å²) < 4.78 is 12.0. The summed E-state index contributed by atoms with van der Waals surface area (Å²) in [6.45, 7) is 5.32. The number of carbonyl (C=O) groups is 2. The highest BCUT2D eigenvalue weighted by Crippen LogP contribution is 2.18. The molecule has 1 saturated heterocycles. The maximum Gasteiger partial charge on any atom is 0.330 e. The Morgan fingerprint density at radius 2 is 2.35 bits per heavy atom. The number of hydrogen-bond donors (Lipinski definition) is 0. The van der Waals surface area contributed by atoms with Crippen LogP contribution in [0.25, 0.3) is 6.08 Å². The molecule has 0 N–H and O–H groups in total. The number of nitrogens with zero attached hydrogens (tertiary/aromatic N) is 2. The van der Waals surface area contributed by atoms with Gasteiger partial charge in [-0.1, -0.05) is 0 Å². The van der Waals surface area contributed by atoms with Gasteiger partial charge in [-0.2, -0.15) is 0 Å². The van der Waals surface area contributed by atoms with Crippen LogP contribution in [0.3, 0.4) is 0 Å². The van der Waals surface area contributed by atoms with E-state index in [1.54, 1.807) is 13.0 Å². The summed E-state index contributed by atoms with van der Waals surface area (Å²) >= 11 is 0. The van der Waals surface area contributed by atoms with Gasteiger partial charge in [-0.15, -0.1) is 0 Å². The molecule has 0 aromatic carbocycles. The van der Waals surface area contributed by atoms with Crippen molar-refractivity contribution in [2.75, 3.05) is 13.2 Å². The second-order valence-corrected chi connectivity index (χ2v) is 4.54. The fraction of sp³-hybridized carbons (Fsp3) is 0.500. The molecule has 0 spiro atoms. The van der Waals surface area contributed by atoms with Gasteiger partial charge in [0.2, 0.25) is 0 Å². The average Bonchev–Trinajstić information content (AvgIpc) is 2.68. The third-order valence-corrected chi connectivity index (χ3v) is 3.24. The third-order valence-electron chi connectivity index (χ3n) is 3.24. The van der Waals surface area contributed by atoms with Gasteiger partial charge < -0.3 is 14.0 Å². The number of imidazole rings is 1. The summed E-state index contributed by atoms with van der Waals surface area (Å²) in [6.07, 6.45) is 4.73. The zero-order valence-corrected chi connectivity index (χ0v) is 11.7. The molecule has 1 aliphatic rings. The van der Waals surface area contributed by atoms with E-state index in [2.05, 4.69) is 4.98 Å². The van der Waals surface area contributed by atoms with Crippen LogP contribution < -0.4 is 0 Å². The van der Waals surface area contributed by atoms with Crippen molar-refractivity contribution in [1.29, 1.82) is 0 Å². The summed E-state index contributed by atoms with van der Waals surface area (Å²) in [5.41, 5.74) is 1.43. The van der Waals surface area contributed by atoms with E-state index >= 15 is 0 Å². The molecule has 6 nitrogen and oxygen atoms in total. The van der Waals surface area contributed by atoms with Crippen LogP contribution in [0.4, 0.5) is 0 Å². The van der Waals surface area contributed by atoms with Crippen LogP contribution in [-0.4, -0.2) is 41.1 Å². The highest BCUT2D eigenvalue weighted by molar-refractivity contribution is 5.87. The number of esters is 1. The molecule has 1 aromatic heterocycles. The van der Waals surface area contributed by atoms with Gasteiger partial charge in [0.05, 0.1) is 24.9 Å². The first kappa shape index (κ1) is 14.5. The summed E-state index contributed by atoms with van der Waals surface area (Å²) in [5, 5.41) is 0. The van der Waals surface area contributed by atoms with Gasteiger partial charge in [-0.3, -0.25) is 4.79 Å². The predicted octanol–water partition coefficient (Wildman–Crippen LogP) is 1.37. The van der Waals surface area contributed by atoms with Gasteiger partial charge in [0.1, 0.15) is 0 Å². The van der Waals surface area contributed by atoms with E-state index in [-0.39, 0.29) is 6.10 Å². The molecule has 1 atom stereocenters. The molecule has 1 aliphatic heterocycles. The fourth-order valence-electron chi connectivity index (χ4n) is 2.02. The Bertz CT molecular complexity index is 530. The molecule has 0 bridgehead atoms. The van der Waals surface area contributed by atoms with Crippen LogP contribution in [0.2, 0.25) is 0 Å². The summed E-state index contributed by atoms with van der Waals surface area (Å²) in [6, 6.07) is 0. The van der Waals surface area contributed by atoms with Crippen LogP contribution in [0.15, 0.2) is 6.08 Å². The summed E-state index contributed by atoms with van der Waals surface area (Å²) in [7, 11) is 0. The second-order valence-electron chi connectivity index (χ2n) is 4.54. The minimum absolute atomic E-state index is 0.142. The Morgan fingerprint density at radius 1 is 1.60 bits per heavy atom. The van der Waals surface area contributed by atoms with Crippen LogP contribution >= 0.6 is 0 Å². The van der Waals surface area contributed by atoms with E-state index in [0.29, 0.717) is 31.0 Å². The minimum atomic E-state index is -0.420. The maximum atomic E-state index is 11.3. The lowest BCUT2D eigenvalue weighted by atomic mass is 10.2. The molecule has 1 unspecified atom stereocenters. The number of aromatic nitrogens is 2. The van der Waals surface area contributed by atoms with Crippen molar-refractivity contribution < 1.29 is 19.1 Å². The van der Waals surface area contributed by atoms with Crippen molar-refractivity contribution in [2.24, 2.45) is 0 Å². The standard InChI is InChI=1S/C14H18N2O4/c1-3-19-14(18)5-4-12-10(2)16(13(9-17)15-12)8-11-6-7-20-11/h4-5,9,11H,3,6-8H2,1-2H3. The van der Waals surface area contributed by atoms with Gasteiger partial charge in [0, 0.05) is 18.4 Å². The largest absolute Gasteiger partial charge is 0.463 e. The van der Waals surface area contributed by atoms with E-state index in [4.69, 9.17) is 9.47 Å². The molecule has 0 amide bonds. The van der Waals surface area contributed by atoms with Gasteiger partial charge in [-0.25, -0.2) is 9.78 Å². The number of rotatable bonds is 6. The van der Waals surface area contributed by atoms with Gasteiger partial charge in [0.25, 0.3) is 0 Å². The smallest absolute Gasteiger partial charge is 0.330 e. The monoisotopic (exact) mass is 278 g/mol. The SMILES string of the molecule is CCOC(=O)C=Cc1nc(C=O)n(CC2CCO2)c1C. The molecule has 6 heteroatoms. The highest BCUT2D eigenvalue weighted by Gasteiger charge is 2.22. The Morgan fingerprint density at radius 3 is 2.90 bits per heavy atom. The average molecular weight is 278 g/mol. The lowest BCUT2D eigenvalue weighted by Gasteiger charge is -2.27. The zero-order valence-electron chi connectivity index (χ0n) is 11.7. The molecule has 20 heavy (non-hydrogen) atoms. The van der Waals surface area contributed by atoms with Crippen molar-refractivity contribution in [3.63, 3.8) is 0 Å². The van der Waals surface area contributed by atoms with E-state index in [1.807, 2.05) is 11.5 Å². The topological polar surface area (TPSA) is 70.4 Å². The number of hydrogen-bond acceptors (Lipinski definition) is 5. The van der Waals surface area contributed by atoms with E-state index in [0.717, 1.165) is 18.7 Å². The molecule has 2 heterocycles. The van der Waals surface area contributed by atoms with E-state index < -0.39 is 5.97 Å². The molecular formula is C14H18N2O4. The molecule has 0 radical (unpaired) electrons. The van der Waals surface area contributed by atoms with Crippen molar-refractivity contribution in [3.05, 3.63) is 23.3 Å². The van der Waals surface area contributed by atoms with Crippen molar-refractivity contribution in [2.45, 2.75) is 32.9 Å². The van der Waals surface area contributed by atoms with Gasteiger partial charge in [0.15, 0.2) is 12.1 Å².